The zero-order valence-corrected chi connectivity index (χ0v) is 78.8. The molecule has 4 aliphatic rings. The maximum Gasteiger partial charge on any atom is 0.181 e. The van der Waals surface area contributed by atoms with Crippen molar-refractivity contribution in [3.63, 3.8) is 0 Å². The summed E-state index contributed by atoms with van der Waals surface area (Å²) in [5.41, 5.74) is 18.2. The fraction of sp³-hybridized carbons (Fsp3) is 0.267. The number of benzene rings is 7. The molecule has 13 heterocycles. The fourth-order valence-electron chi connectivity index (χ4n) is 19.1. The lowest BCUT2D eigenvalue weighted by molar-refractivity contribution is 0.0921. The number of carbonyl (C=O) groups excluding carboxylic acids is 4. The molecule has 7 aromatic carbocycles. The van der Waals surface area contributed by atoms with Gasteiger partial charge in [-0.15, -0.1) is 0 Å². The number of aromatic nitrogens is 10. The van der Waals surface area contributed by atoms with Gasteiger partial charge < -0.3 is 18.3 Å². The van der Waals surface area contributed by atoms with Crippen LogP contribution < -0.4 is 0 Å². The van der Waals surface area contributed by atoms with Crippen LogP contribution in [-0.4, -0.2) is 151 Å². The quantitative estimate of drug-likeness (QED) is 0.0506. The monoisotopic (exact) mass is 1890 g/mol. The van der Waals surface area contributed by atoms with Crippen LogP contribution in [0, 0.1) is 65.7 Å². The third-order valence-corrected chi connectivity index (χ3v) is 34.2. The van der Waals surface area contributed by atoms with Crippen LogP contribution in [0.3, 0.4) is 0 Å². The summed E-state index contributed by atoms with van der Waals surface area (Å²) in [7, 11) is -10.6. The molecule has 4 fully saturated rings. The summed E-state index contributed by atoms with van der Waals surface area (Å²) >= 11 is 0. The lowest BCUT2D eigenvalue weighted by Gasteiger charge is -2.20. The zero-order chi connectivity index (χ0) is 95.6. The first-order valence-electron chi connectivity index (χ1n) is 44.3. The Balaban J connectivity index is 0.000000125. The number of hydrogen-bond donors (Lipinski definition) is 0. The minimum Gasteiger partial charge on any atom is -0.314 e. The van der Waals surface area contributed by atoms with Crippen molar-refractivity contribution in [2.45, 2.75) is 99.8 Å². The van der Waals surface area contributed by atoms with Crippen molar-refractivity contribution >= 4 is 107 Å². The van der Waals surface area contributed by atoms with Gasteiger partial charge in [-0.2, -0.15) is 5.10 Å². The van der Waals surface area contributed by atoms with Crippen molar-refractivity contribution in [2.75, 3.05) is 46.0 Å². The largest absolute Gasteiger partial charge is 0.314 e. The van der Waals surface area contributed by atoms with Crippen LogP contribution in [0.5, 0.6) is 0 Å². The number of Topliss-reactive ketones (excluding diaryl/α,β-unsaturated/α-hetero) is 4. The molecule has 0 bridgehead atoms. The number of rotatable bonds is 20. The highest BCUT2D eigenvalue weighted by Crippen LogP contribution is 2.45. The number of sulfone groups is 4. The average molecular weight is 1900 g/mol. The van der Waals surface area contributed by atoms with E-state index in [1.807, 2.05) is 196 Å². The molecule has 0 spiro atoms. The molecule has 22 nitrogen and oxygen atoms in total. The molecule has 692 valence electrons. The maximum atomic E-state index is 13.6. The van der Waals surface area contributed by atoms with Crippen molar-refractivity contribution in [1.82, 2.24) is 48.0 Å². The fourth-order valence-corrected chi connectivity index (χ4v) is 28.2. The van der Waals surface area contributed by atoms with Gasteiger partial charge in [0.05, 0.1) is 84.8 Å². The molecule has 0 unspecified atom stereocenters. The van der Waals surface area contributed by atoms with Gasteiger partial charge in [0.15, 0.2) is 62.5 Å². The van der Waals surface area contributed by atoms with E-state index in [2.05, 4.69) is 20.1 Å². The Bertz CT molecular complexity index is 7360. The van der Waals surface area contributed by atoms with E-state index in [0.29, 0.717) is 64.7 Å². The lowest BCUT2D eigenvalue weighted by Crippen LogP contribution is -2.23. The highest BCUT2D eigenvalue weighted by Gasteiger charge is 2.44. The van der Waals surface area contributed by atoms with Crippen LogP contribution in [-0.2, 0) is 46.4 Å². The van der Waals surface area contributed by atoms with E-state index >= 15 is 0 Å². The molecule has 9 aromatic heterocycles. The van der Waals surface area contributed by atoms with Crippen LogP contribution in [0.2, 0.25) is 0 Å². The van der Waals surface area contributed by atoms with Crippen molar-refractivity contribution in [1.29, 1.82) is 0 Å². The van der Waals surface area contributed by atoms with Gasteiger partial charge in [-0.3, -0.25) is 38.8 Å². The van der Waals surface area contributed by atoms with E-state index in [4.69, 9.17) is 4.98 Å². The van der Waals surface area contributed by atoms with E-state index in [-0.39, 0.29) is 118 Å². The van der Waals surface area contributed by atoms with Gasteiger partial charge in [0.25, 0.3) is 0 Å². The molecule has 30 heteroatoms. The number of ketones is 4. The van der Waals surface area contributed by atoms with Crippen LogP contribution >= 0.6 is 0 Å². The molecule has 0 aliphatic carbocycles. The molecular formula is C105H98F4N10O12S4. The van der Waals surface area contributed by atoms with Crippen molar-refractivity contribution < 1.29 is 70.4 Å². The molecule has 0 radical (unpaired) electrons. The second kappa shape index (κ2) is 36.5. The number of hydrogen-bond acceptors (Lipinski definition) is 17. The Hall–Kier alpha value is -13.3. The molecule has 135 heavy (non-hydrogen) atoms. The molecule has 0 amide bonds. The Kier molecular flexibility index (Phi) is 25.3. The van der Waals surface area contributed by atoms with E-state index in [0.717, 1.165) is 112 Å². The number of carbonyl (C=O) groups is 4. The number of nitrogens with zero attached hydrogens (tertiary/aromatic N) is 10. The SMILES string of the molecule is Cc1ccccc1-c1cn(-c2ccc(F)cc2)c2cc(C(=O)C[C@@]3(C)CCS(=O)(=O)C3)cnc12.Cc1ccccc1-c1cn(-c2ccc(F)cc2)c2cc(C(=O)C[C@]3(C)CCS(=O)(=O)C3)cnc12.Cc1ccccc1-c1cn(-c2ccc(F)cc2)c2nc(C(=O)C[C@@]3(C)CCS(=O)(=O)C3)ccc12.Cn1nccc1-c1cn(-c2ccc(F)cc2)c2cc(C(=O)C[C@@]3(C)CCS(=O)(=O)C3)cnc12. The van der Waals surface area contributed by atoms with Crippen LogP contribution in [0.4, 0.5) is 17.6 Å². The molecule has 0 N–H and O–H groups in total. The van der Waals surface area contributed by atoms with E-state index in [1.165, 1.54) is 48.5 Å². The number of aryl methyl sites for hydroxylation is 4. The van der Waals surface area contributed by atoms with Crippen molar-refractivity contribution in [3.8, 4) is 67.4 Å². The Labute approximate surface area is 779 Å². The van der Waals surface area contributed by atoms with Gasteiger partial charge in [0.1, 0.15) is 34.6 Å². The number of fused-ring (bicyclic) bond motifs is 4. The predicted octanol–water partition coefficient (Wildman–Crippen LogP) is 20.6. The van der Waals surface area contributed by atoms with E-state index in [9.17, 15) is 70.4 Å². The molecule has 4 aliphatic heterocycles. The summed E-state index contributed by atoms with van der Waals surface area (Å²) in [6.45, 7) is 13.5. The third kappa shape index (κ3) is 20.3. The molecule has 20 rings (SSSR count). The van der Waals surface area contributed by atoms with Gasteiger partial charge in [-0.25, -0.2) is 56.2 Å². The maximum absolute atomic E-state index is 13.6. The second-order valence-corrected chi connectivity index (χ2v) is 46.4. The summed E-state index contributed by atoms with van der Waals surface area (Å²) in [6.07, 6.45) is 16.7. The van der Waals surface area contributed by atoms with Gasteiger partial charge in [0, 0.05) is 149 Å². The highest BCUT2D eigenvalue weighted by molar-refractivity contribution is 7.92. The van der Waals surface area contributed by atoms with Crippen LogP contribution in [0.25, 0.3) is 112 Å². The molecule has 4 saturated heterocycles. The first-order valence-corrected chi connectivity index (χ1v) is 51.6. The van der Waals surface area contributed by atoms with Crippen molar-refractivity contribution in [2.24, 2.45) is 28.7 Å². The summed E-state index contributed by atoms with van der Waals surface area (Å²) < 4.78 is 159. The Morgan fingerprint density at radius 1 is 0.348 bits per heavy atom. The van der Waals surface area contributed by atoms with E-state index in [1.54, 1.807) is 90.1 Å². The summed E-state index contributed by atoms with van der Waals surface area (Å²) in [5.74, 6) is -1.28. The second-order valence-electron chi connectivity index (χ2n) is 37.7. The van der Waals surface area contributed by atoms with Gasteiger partial charge >= 0.3 is 0 Å². The summed E-state index contributed by atoms with van der Waals surface area (Å²) in [5, 5.41) is 5.12. The Morgan fingerprint density at radius 2 is 0.644 bits per heavy atom. The van der Waals surface area contributed by atoms with Crippen LogP contribution in [0.15, 0.2) is 256 Å². The third-order valence-electron chi connectivity index (χ3n) is 26.3. The topological polar surface area (TPSA) is 294 Å². The standard InChI is InChI=1S/3C27H25FN2O3S.C24H23FN4O3S/c2*1-18-5-3-4-6-22(18)23-16-30(21-9-7-20(28)8-10-21)24-13-19(15-29-26(23)24)25(31)14-27(2)11-12-34(32,33)17-27;1-18-5-3-4-6-21(18)23-16-30(20-9-7-19(28)8-10-20)26-22(23)11-12-24(29-26)25(31)15-27(2)13-14-34(32,33)17-27;1-24(8-10-33(31,32)15-24)12-22(30)16-11-21-23(26-13-16)19(20-7-9-27-28(20)2)14-29(21)18-5-3-17(25)4-6-18/h2*3-10,13,15-16H,11-12,14,17H2,1-2H3;3-12,16H,13-15,17H2,1-2H3;3-7,9,11,13-14H,8,10,12,15H2,1-2H3/t3*27-;24-/m1011/s1. The highest BCUT2D eigenvalue weighted by atomic mass is 32.2. The van der Waals surface area contributed by atoms with Gasteiger partial charge in [0.2, 0.25) is 0 Å². The molecule has 16 aromatic rings. The van der Waals surface area contributed by atoms with Gasteiger partial charge in [-0.1, -0.05) is 100 Å². The first kappa shape index (κ1) is 93.5. The predicted molar refractivity (Wildman–Crippen MR) is 518 cm³/mol. The lowest BCUT2D eigenvalue weighted by atomic mass is 9.83. The first-order chi connectivity index (χ1) is 64.1. The normalized spacial score (nSPS) is 19.6. The Morgan fingerprint density at radius 3 is 0.956 bits per heavy atom. The zero-order valence-electron chi connectivity index (χ0n) is 75.6. The average Bonchev–Trinajstić information content (AvgIpc) is 1.61. The summed E-state index contributed by atoms with van der Waals surface area (Å²) in [6, 6.07) is 59.6. The van der Waals surface area contributed by atoms with E-state index < -0.39 is 61.0 Å². The molecular weight excluding hydrogens is 1800 g/mol. The number of pyridine rings is 4. The molecule has 0 saturated carbocycles. The van der Waals surface area contributed by atoms with Crippen molar-refractivity contribution in [3.05, 3.63) is 318 Å². The van der Waals surface area contributed by atoms with Gasteiger partial charge in [-0.05, 0) is 235 Å². The minimum absolute atomic E-state index is 0.0252. The smallest absolute Gasteiger partial charge is 0.181 e. The number of halogens is 4. The van der Waals surface area contributed by atoms with Crippen LogP contribution in [0.1, 0.15) is 137 Å². The summed E-state index contributed by atoms with van der Waals surface area (Å²) in [4.78, 5) is 71.4. The molecule has 4 atom stereocenters. The minimum atomic E-state index is -3.10.